The van der Waals surface area contributed by atoms with Crippen LogP contribution in [0.2, 0.25) is 0 Å². The molecule has 1 aromatic heterocycles. The number of rotatable bonds is 2. The molecule has 1 aromatic carbocycles. The molecule has 0 atom stereocenters. The van der Waals surface area contributed by atoms with Crippen LogP contribution in [0.4, 0.5) is 4.39 Å². The van der Waals surface area contributed by atoms with Crippen LogP contribution >= 0.6 is 0 Å². The Morgan fingerprint density at radius 2 is 2.13 bits per heavy atom. The van der Waals surface area contributed by atoms with Gasteiger partial charge in [-0.1, -0.05) is 13.0 Å². The van der Waals surface area contributed by atoms with Crippen LogP contribution < -0.4 is 4.74 Å². The van der Waals surface area contributed by atoms with E-state index in [1.807, 2.05) is 13.0 Å². The molecular weight excluding hydrogens is 193 g/mol. The molecule has 0 radical (unpaired) electrons. The summed E-state index contributed by atoms with van der Waals surface area (Å²) in [6.07, 6.45) is 2.50. The summed E-state index contributed by atoms with van der Waals surface area (Å²) >= 11 is 0. The van der Waals surface area contributed by atoms with Crippen LogP contribution in [0.1, 0.15) is 12.5 Å². The standard InChI is InChI=1S/C12H12FNO/c1-3-8-4-5-10(13)11-9(8)6-7-14-12(11)15-2/h4-7H,3H2,1-2H3. The lowest BCUT2D eigenvalue weighted by atomic mass is 10.0. The number of halogens is 1. The number of methoxy groups -OCH3 is 1. The van der Waals surface area contributed by atoms with Gasteiger partial charge in [-0.25, -0.2) is 9.37 Å². The molecule has 0 saturated carbocycles. The Kier molecular flexibility index (Phi) is 2.54. The van der Waals surface area contributed by atoms with Gasteiger partial charge in [-0.15, -0.1) is 0 Å². The van der Waals surface area contributed by atoms with Crippen LogP contribution in [0, 0.1) is 5.82 Å². The van der Waals surface area contributed by atoms with Gasteiger partial charge in [-0.2, -0.15) is 0 Å². The van der Waals surface area contributed by atoms with Gasteiger partial charge in [0.05, 0.1) is 12.5 Å². The van der Waals surface area contributed by atoms with Gasteiger partial charge in [0.2, 0.25) is 5.88 Å². The predicted octanol–water partition coefficient (Wildman–Crippen LogP) is 2.94. The van der Waals surface area contributed by atoms with Crippen LogP contribution in [0.5, 0.6) is 5.88 Å². The van der Waals surface area contributed by atoms with Gasteiger partial charge in [-0.3, -0.25) is 0 Å². The lowest BCUT2D eigenvalue weighted by Crippen LogP contribution is -1.93. The third kappa shape index (κ3) is 1.54. The van der Waals surface area contributed by atoms with Crippen molar-refractivity contribution in [2.24, 2.45) is 0 Å². The van der Waals surface area contributed by atoms with Crippen molar-refractivity contribution in [1.29, 1.82) is 0 Å². The first kappa shape index (κ1) is 9.90. The molecule has 0 unspecified atom stereocenters. The number of aryl methyl sites for hydroxylation is 1. The number of hydrogen-bond acceptors (Lipinski definition) is 2. The first-order valence-corrected chi connectivity index (χ1v) is 4.88. The van der Waals surface area contributed by atoms with Crippen molar-refractivity contribution in [1.82, 2.24) is 4.98 Å². The van der Waals surface area contributed by atoms with Gasteiger partial charge in [0.25, 0.3) is 0 Å². The van der Waals surface area contributed by atoms with Crippen molar-refractivity contribution in [3.8, 4) is 5.88 Å². The second kappa shape index (κ2) is 3.85. The highest BCUT2D eigenvalue weighted by atomic mass is 19.1. The molecule has 0 amide bonds. The number of aromatic nitrogens is 1. The number of nitrogens with zero attached hydrogens (tertiary/aromatic N) is 1. The molecule has 0 bridgehead atoms. The summed E-state index contributed by atoms with van der Waals surface area (Å²) in [4.78, 5) is 4.00. The normalized spacial score (nSPS) is 10.6. The van der Waals surface area contributed by atoms with Crippen LogP contribution in [0.15, 0.2) is 24.4 Å². The zero-order chi connectivity index (χ0) is 10.8. The fourth-order valence-corrected chi connectivity index (χ4v) is 1.75. The summed E-state index contributed by atoms with van der Waals surface area (Å²) in [6, 6.07) is 5.09. The third-order valence-corrected chi connectivity index (χ3v) is 2.51. The van der Waals surface area contributed by atoms with Crippen LogP contribution in [-0.4, -0.2) is 12.1 Å². The van der Waals surface area contributed by atoms with Crippen LogP contribution in [0.3, 0.4) is 0 Å². The van der Waals surface area contributed by atoms with Gasteiger partial charge in [0, 0.05) is 6.20 Å². The first-order valence-electron chi connectivity index (χ1n) is 4.88. The lowest BCUT2D eigenvalue weighted by molar-refractivity contribution is 0.401. The molecule has 2 nitrogen and oxygen atoms in total. The van der Waals surface area contributed by atoms with Gasteiger partial charge in [-0.05, 0) is 29.5 Å². The smallest absolute Gasteiger partial charge is 0.224 e. The maximum absolute atomic E-state index is 13.6. The molecule has 2 rings (SSSR count). The van der Waals surface area contributed by atoms with Crippen molar-refractivity contribution in [2.75, 3.05) is 7.11 Å². The summed E-state index contributed by atoms with van der Waals surface area (Å²) in [5.74, 6) is 0.0625. The van der Waals surface area contributed by atoms with Crippen molar-refractivity contribution in [3.05, 3.63) is 35.8 Å². The molecule has 0 aliphatic heterocycles. The fraction of sp³-hybridized carbons (Fsp3) is 0.250. The Labute approximate surface area is 87.7 Å². The van der Waals surface area contributed by atoms with Crippen LogP contribution in [0.25, 0.3) is 10.8 Å². The van der Waals surface area contributed by atoms with E-state index in [1.54, 1.807) is 12.3 Å². The Morgan fingerprint density at radius 1 is 1.33 bits per heavy atom. The minimum atomic E-state index is -0.285. The maximum Gasteiger partial charge on any atom is 0.224 e. The van der Waals surface area contributed by atoms with Crippen LogP contribution in [-0.2, 0) is 6.42 Å². The summed E-state index contributed by atoms with van der Waals surface area (Å²) in [7, 11) is 1.50. The molecule has 3 heteroatoms. The average Bonchev–Trinajstić information content (AvgIpc) is 2.29. The van der Waals surface area contributed by atoms with Gasteiger partial charge in [0.15, 0.2) is 0 Å². The average molecular weight is 205 g/mol. The number of ether oxygens (including phenoxy) is 1. The van der Waals surface area contributed by atoms with Crippen molar-refractivity contribution < 1.29 is 9.13 Å². The van der Waals surface area contributed by atoms with E-state index in [2.05, 4.69) is 4.98 Å². The molecule has 0 aliphatic rings. The molecule has 0 saturated heterocycles. The van der Waals surface area contributed by atoms with E-state index >= 15 is 0 Å². The molecule has 0 aliphatic carbocycles. The maximum atomic E-state index is 13.6. The quantitative estimate of drug-likeness (QED) is 0.752. The Hall–Kier alpha value is -1.64. The number of pyridine rings is 1. The fourth-order valence-electron chi connectivity index (χ4n) is 1.75. The molecular formula is C12H12FNO. The second-order valence-corrected chi connectivity index (χ2v) is 3.30. The van der Waals surface area contributed by atoms with E-state index in [0.717, 1.165) is 17.4 Å². The molecule has 0 spiro atoms. The topological polar surface area (TPSA) is 22.1 Å². The second-order valence-electron chi connectivity index (χ2n) is 3.30. The SMILES string of the molecule is CCc1ccc(F)c2c(OC)nccc12. The van der Waals surface area contributed by atoms with E-state index in [9.17, 15) is 4.39 Å². The third-order valence-electron chi connectivity index (χ3n) is 2.51. The van der Waals surface area contributed by atoms with E-state index < -0.39 is 0 Å². The molecule has 15 heavy (non-hydrogen) atoms. The van der Waals surface area contributed by atoms with E-state index in [4.69, 9.17) is 4.74 Å². The minimum Gasteiger partial charge on any atom is -0.480 e. The van der Waals surface area contributed by atoms with Crippen molar-refractivity contribution in [2.45, 2.75) is 13.3 Å². The lowest BCUT2D eigenvalue weighted by Gasteiger charge is -2.08. The number of benzene rings is 1. The number of fused-ring (bicyclic) bond motifs is 1. The van der Waals surface area contributed by atoms with Crippen molar-refractivity contribution >= 4 is 10.8 Å². The Morgan fingerprint density at radius 3 is 2.80 bits per heavy atom. The highest BCUT2D eigenvalue weighted by molar-refractivity contribution is 5.90. The highest BCUT2D eigenvalue weighted by Crippen LogP contribution is 2.28. The number of hydrogen-bond donors (Lipinski definition) is 0. The van der Waals surface area contributed by atoms with Crippen molar-refractivity contribution in [3.63, 3.8) is 0 Å². The predicted molar refractivity (Wildman–Crippen MR) is 57.6 cm³/mol. The zero-order valence-electron chi connectivity index (χ0n) is 8.75. The van der Waals surface area contributed by atoms with E-state index in [1.165, 1.54) is 13.2 Å². The zero-order valence-corrected chi connectivity index (χ0v) is 8.75. The molecule has 1 heterocycles. The summed E-state index contributed by atoms with van der Waals surface area (Å²) in [6.45, 7) is 2.04. The summed E-state index contributed by atoms with van der Waals surface area (Å²) < 4.78 is 18.7. The van der Waals surface area contributed by atoms with E-state index in [0.29, 0.717) is 11.3 Å². The minimum absolute atomic E-state index is 0.285. The van der Waals surface area contributed by atoms with Gasteiger partial charge < -0.3 is 4.74 Å². The van der Waals surface area contributed by atoms with Gasteiger partial charge in [0.1, 0.15) is 5.82 Å². The first-order chi connectivity index (χ1) is 7.27. The van der Waals surface area contributed by atoms with Gasteiger partial charge >= 0.3 is 0 Å². The molecule has 78 valence electrons. The molecule has 2 aromatic rings. The highest BCUT2D eigenvalue weighted by Gasteiger charge is 2.10. The summed E-state index contributed by atoms with van der Waals surface area (Å²) in [5, 5.41) is 1.35. The largest absolute Gasteiger partial charge is 0.480 e. The Bertz CT molecular complexity index is 496. The molecule has 0 N–H and O–H groups in total. The monoisotopic (exact) mass is 205 g/mol. The van der Waals surface area contributed by atoms with E-state index in [-0.39, 0.29) is 5.82 Å². The summed E-state index contributed by atoms with van der Waals surface area (Å²) in [5.41, 5.74) is 1.10. The Balaban J connectivity index is 2.86. The molecule has 0 fully saturated rings.